The predicted molar refractivity (Wildman–Crippen MR) is 63.2 cm³/mol. The molecule has 5 nitrogen and oxygen atoms in total. The lowest BCUT2D eigenvalue weighted by molar-refractivity contribution is 1.08. The van der Waals surface area contributed by atoms with Crippen LogP contribution in [0.1, 0.15) is 4.88 Å². The summed E-state index contributed by atoms with van der Waals surface area (Å²) in [4.78, 5) is 8.67. The van der Waals surface area contributed by atoms with Crippen molar-refractivity contribution in [2.45, 2.75) is 6.54 Å². The Labute approximate surface area is 93.8 Å². The Morgan fingerprint density at radius 2 is 2.14 bits per heavy atom. The minimum Gasteiger partial charge on any atom is -0.370 e. The van der Waals surface area contributed by atoms with Crippen molar-refractivity contribution in [2.75, 3.05) is 0 Å². The molecule has 0 unspecified atom stereocenters. The van der Waals surface area contributed by atoms with Crippen molar-refractivity contribution < 1.29 is 0 Å². The van der Waals surface area contributed by atoms with Crippen LogP contribution in [0, 0.1) is 0 Å². The first kappa shape index (κ1) is 11.0. The van der Waals surface area contributed by atoms with Gasteiger partial charge in [-0.1, -0.05) is 0 Å². The molecule has 1 heterocycles. The van der Waals surface area contributed by atoms with Crippen LogP contribution in [0.25, 0.3) is 0 Å². The van der Waals surface area contributed by atoms with Crippen molar-refractivity contribution in [1.29, 1.82) is 0 Å². The molecule has 1 aromatic heterocycles. The first-order valence-electron chi connectivity index (χ1n) is 3.70. The van der Waals surface area contributed by atoms with Crippen LogP contribution in [0.5, 0.6) is 0 Å². The molecule has 0 fully saturated rings. The molecule has 0 amide bonds. The summed E-state index contributed by atoms with van der Waals surface area (Å²) < 4.78 is 1.04. The van der Waals surface area contributed by atoms with Crippen molar-refractivity contribution in [1.82, 2.24) is 0 Å². The minimum atomic E-state index is -0.0846. The maximum Gasteiger partial charge on any atom is 0.218 e. The van der Waals surface area contributed by atoms with Crippen LogP contribution >= 0.6 is 27.3 Å². The van der Waals surface area contributed by atoms with Crippen molar-refractivity contribution in [3.63, 3.8) is 0 Å². The fraction of sp³-hybridized carbons (Fsp3) is 0.143. The van der Waals surface area contributed by atoms with Gasteiger partial charge in [0.05, 0.1) is 6.54 Å². The predicted octanol–water partition coefficient (Wildman–Crippen LogP) is 0.599. The fourth-order valence-corrected chi connectivity index (χ4v) is 2.14. The van der Waals surface area contributed by atoms with Crippen LogP contribution in [0.15, 0.2) is 25.9 Å². The second-order valence-electron chi connectivity index (χ2n) is 2.44. The van der Waals surface area contributed by atoms with Gasteiger partial charge >= 0.3 is 0 Å². The van der Waals surface area contributed by atoms with E-state index in [9.17, 15) is 0 Å². The van der Waals surface area contributed by atoms with Crippen LogP contribution in [0.2, 0.25) is 0 Å². The molecule has 0 aliphatic carbocycles. The highest BCUT2D eigenvalue weighted by molar-refractivity contribution is 9.10. The van der Waals surface area contributed by atoms with Crippen LogP contribution in [0.4, 0.5) is 0 Å². The van der Waals surface area contributed by atoms with Gasteiger partial charge in [0.2, 0.25) is 5.96 Å². The SMILES string of the molecule is NC(N)=NC(N)=NCc1cc(Br)cs1. The third-order valence-corrected chi connectivity index (χ3v) is 2.94. The molecule has 0 saturated carbocycles. The molecule has 0 radical (unpaired) electrons. The number of guanidine groups is 2. The molecule has 0 aliphatic rings. The standard InChI is InChI=1S/C7H10BrN5S/c8-4-1-5(14-3-4)2-12-7(11)13-6(9)10/h1,3H,2H2,(H6,9,10,11,12,13). The van der Waals surface area contributed by atoms with Crippen LogP contribution in [-0.4, -0.2) is 11.9 Å². The van der Waals surface area contributed by atoms with E-state index in [1.54, 1.807) is 11.3 Å². The molecule has 6 N–H and O–H groups in total. The van der Waals surface area contributed by atoms with Crippen molar-refractivity contribution >= 4 is 39.2 Å². The van der Waals surface area contributed by atoms with Gasteiger partial charge in [0, 0.05) is 14.7 Å². The molecular weight excluding hydrogens is 266 g/mol. The van der Waals surface area contributed by atoms with E-state index in [1.165, 1.54) is 0 Å². The molecule has 14 heavy (non-hydrogen) atoms. The second-order valence-corrected chi connectivity index (χ2v) is 4.35. The van der Waals surface area contributed by atoms with E-state index in [2.05, 4.69) is 25.9 Å². The molecule has 0 bridgehead atoms. The van der Waals surface area contributed by atoms with Crippen molar-refractivity contribution in [2.24, 2.45) is 27.2 Å². The third-order valence-electron chi connectivity index (χ3n) is 1.26. The van der Waals surface area contributed by atoms with Crippen LogP contribution in [-0.2, 0) is 6.54 Å². The third kappa shape index (κ3) is 3.75. The largest absolute Gasteiger partial charge is 0.370 e. The van der Waals surface area contributed by atoms with E-state index < -0.39 is 0 Å². The smallest absolute Gasteiger partial charge is 0.218 e. The molecule has 0 aromatic carbocycles. The van der Waals surface area contributed by atoms with Gasteiger partial charge in [-0.2, -0.15) is 4.99 Å². The number of rotatable bonds is 2. The van der Waals surface area contributed by atoms with E-state index in [-0.39, 0.29) is 11.9 Å². The Kier molecular flexibility index (Phi) is 3.90. The summed E-state index contributed by atoms with van der Waals surface area (Å²) in [5.74, 6) is 0.00753. The van der Waals surface area contributed by atoms with Crippen LogP contribution in [0.3, 0.4) is 0 Å². The molecule has 1 aromatic rings. The monoisotopic (exact) mass is 275 g/mol. The molecule has 0 atom stereocenters. The van der Waals surface area contributed by atoms with Crippen molar-refractivity contribution in [3.8, 4) is 0 Å². The van der Waals surface area contributed by atoms with E-state index in [4.69, 9.17) is 17.2 Å². The number of nitrogens with zero attached hydrogens (tertiary/aromatic N) is 2. The molecule has 1 rings (SSSR count). The summed E-state index contributed by atoms with van der Waals surface area (Å²) in [5, 5.41) is 1.97. The Balaban J connectivity index is 2.59. The zero-order valence-corrected chi connectivity index (χ0v) is 9.68. The molecule has 7 heteroatoms. The van der Waals surface area contributed by atoms with Gasteiger partial charge in [0.15, 0.2) is 5.96 Å². The van der Waals surface area contributed by atoms with Gasteiger partial charge in [-0.3, -0.25) is 0 Å². The summed E-state index contributed by atoms with van der Waals surface area (Å²) in [6.45, 7) is 0.485. The second kappa shape index (κ2) is 4.97. The highest BCUT2D eigenvalue weighted by atomic mass is 79.9. The molecular formula is C7H10BrN5S. The zero-order valence-electron chi connectivity index (χ0n) is 7.27. The van der Waals surface area contributed by atoms with Gasteiger partial charge in [0.25, 0.3) is 0 Å². The summed E-state index contributed by atoms with van der Waals surface area (Å²) in [5.41, 5.74) is 15.7. The summed E-state index contributed by atoms with van der Waals surface area (Å²) in [7, 11) is 0. The van der Waals surface area contributed by atoms with Gasteiger partial charge in [0.1, 0.15) is 0 Å². The Morgan fingerprint density at radius 3 is 2.64 bits per heavy atom. The van der Waals surface area contributed by atoms with E-state index in [0.717, 1.165) is 9.35 Å². The normalized spacial score (nSPS) is 11.4. The number of hydrogen-bond acceptors (Lipinski definition) is 2. The lowest BCUT2D eigenvalue weighted by atomic mass is 10.5. The number of hydrogen-bond donors (Lipinski definition) is 3. The summed E-state index contributed by atoms with van der Waals surface area (Å²) >= 11 is 4.93. The van der Waals surface area contributed by atoms with E-state index >= 15 is 0 Å². The van der Waals surface area contributed by atoms with Gasteiger partial charge < -0.3 is 17.2 Å². The molecule has 0 saturated heterocycles. The highest BCUT2D eigenvalue weighted by Gasteiger charge is 1.96. The number of thiophene rings is 1. The Bertz CT molecular complexity index is 366. The summed E-state index contributed by atoms with van der Waals surface area (Å²) in [6, 6.07) is 1.97. The van der Waals surface area contributed by atoms with Crippen LogP contribution < -0.4 is 17.2 Å². The topological polar surface area (TPSA) is 103 Å². The molecule has 0 aliphatic heterocycles. The van der Waals surface area contributed by atoms with E-state index in [0.29, 0.717) is 6.54 Å². The minimum absolute atomic E-state index is 0.0846. The van der Waals surface area contributed by atoms with Crippen molar-refractivity contribution in [3.05, 3.63) is 20.8 Å². The lowest BCUT2D eigenvalue weighted by Gasteiger charge is -1.93. The van der Waals surface area contributed by atoms with Gasteiger partial charge in [-0.25, -0.2) is 4.99 Å². The zero-order chi connectivity index (χ0) is 10.6. The number of aliphatic imine (C=N–C) groups is 2. The number of halogens is 1. The number of nitrogens with two attached hydrogens (primary N) is 3. The Morgan fingerprint density at radius 1 is 1.43 bits per heavy atom. The maximum absolute atomic E-state index is 5.42. The molecule has 0 spiro atoms. The van der Waals surface area contributed by atoms with Gasteiger partial charge in [-0.05, 0) is 22.0 Å². The first-order chi connectivity index (χ1) is 6.58. The molecule has 76 valence electrons. The van der Waals surface area contributed by atoms with E-state index in [1.807, 2.05) is 11.4 Å². The Hall–Kier alpha value is -1.08. The van der Waals surface area contributed by atoms with Gasteiger partial charge in [-0.15, -0.1) is 11.3 Å². The average molecular weight is 276 g/mol. The summed E-state index contributed by atoms with van der Waals surface area (Å²) in [6.07, 6.45) is 0. The lowest BCUT2D eigenvalue weighted by Crippen LogP contribution is -2.26. The maximum atomic E-state index is 5.42. The first-order valence-corrected chi connectivity index (χ1v) is 5.37. The fourth-order valence-electron chi connectivity index (χ4n) is 0.763. The quantitative estimate of drug-likeness (QED) is 0.544. The highest BCUT2D eigenvalue weighted by Crippen LogP contribution is 2.20. The average Bonchev–Trinajstić information content (AvgIpc) is 2.47.